The van der Waals surface area contributed by atoms with Crippen LogP contribution in [0, 0.1) is 0 Å². The van der Waals surface area contributed by atoms with E-state index in [-0.39, 0.29) is 5.91 Å². The molecule has 0 radical (unpaired) electrons. The van der Waals surface area contributed by atoms with Crippen molar-refractivity contribution in [2.75, 3.05) is 6.54 Å². The summed E-state index contributed by atoms with van der Waals surface area (Å²) in [5.74, 6) is -0.0118. The summed E-state index contributed by atoms with van der Waals surface area (Å²) in [5, 5.41) is 6.30. The van der Waals surface area contributed by atoms with E-state index in [1.165, 1.54) is 11.1 Å². The topological polar surface area (TPSA) is 41.1 Å². The summed E-state index contributed by atoms with van der Waals surface area (Å²) in [4.78, 5) is 12.2. The highest BCUT2D eigenvalue weighted by Gasteiger charge is 2.12. The number of benzene rings is 2. The van der Waals surface area contributed by atoms with Crippen molar-refractivity contribution >= 4 is 5.91 Å². The average molecular weight is 266 g/mol. The maximum atomic E-state index is 12.2. The van der Waals surface area contributed by atoms with Crippen molar-refractivity contribution in [2.24, 2.45) is 0 Å². The first-order valence-electron chi connectivity index (χ1n) is 6.97. The van der Waals surface area contributed by atoms with Crippen molar-refractivity contribution in [3.8, 4) is 0 Å². The Morgan fingerprint density at radius 3 is 2.80 bits per heavy atom. The molecule has 1 amide bonds. The predicted octanol–water partition coefficient (Wildman–Crippen LogP) is 2.26. The third kappa shape index (κ3) is 2.89. The van der Waals surface area contributed by atoms with Crippen LogP contribution in [-0.2, 0) is 19.5 Å². The molecule has 0 atom stereocenters. The minimum absolute atomic E-state index is 0.0118. The van der Waals surface area contributed by atoms with Gasteiger partial charge in [0.15, 0.2) is 0 Å². The van der Waals surface area contributed by atoms with E-state index < -0.39 is 0 Å². The largest absolute Gasteiger partial charge is 0.348 e. The minimum Gasteiger partial charge on any atom is -0.348 e. The van der Waals surface area contributed by atoms with Crippen molar-refractivity contribution in [1.82, 2.24) is 10.6 Å². The van der Waals surface area contributed by atoms with Crippen LogP contribution in [0.4, 0.5) is 0 Å². The fourth-order valence-corrected chi connectivity index (χ4v) is 2.50. The third-order valence-corrected chi connectivity index (χ3v) is 3.65. The van der Waals surface area contributed by atoms with Crippen LogP contribution in [0.15, 0.2) is 48.5 Å². The van der Waals surface area contributed by atoms with Crippen LogP contribution in [-0.4, -0.2) is 12.5 Å². The molecule has 0 spiro atoms. The lowest BCUT2D eigenvalue weighted by molar-refractivity contribution is 0.0951. The van der Waals surface area contributed by atoms with Crippen molar-refractivity contribution in [2.45, 2.75) is 19.5 Å². The van der Waals surface area contributed by atoms with Crippen LogP contribution >= 0.6 is 0 Å². The fraction of sp³-hybridized carbons (Fsp3) is 0.235. The Balaban J connectivity index is 1.68. The summed E-state index contributed by atoms with van der Waals surface area (Å²) in [6, 6.07) is 16.0. The van der Waals surface area contributed by atoms with Crippen LogP contribution in [0.2, 0.25) is 0 Å². The van der Waals surface area contributed by atoms with Crippen molar-refractivity contribution in [1.29, 1.82) is 0 Å². The molecule has 2 aromatic carbocycles. The van der Waals surface area contributed by atoms with E-state index >= 15 is 0 Å². The van der Waals surface area contributed by atoms with E-state index in [2.05, 4.69) is 16.7 Å². The first-order chi connectivity index (χ1) is 9.83. The molecule has 20 heavy (non-hydrogen) atoms. The molecule has 1 heterocycles. The molecule has 1 aliphatic rings. The second-order valence-corrected chi connectivity index (χ2v) is 5.08. The molecule has 0 fully saturated rings. The lowest BCUT2D eigenvalue weighted by Gasteiger charge is -2.17. The predicted molar refractivity (Wildman–Crippen MR) is 79.5 cm³/mol. The summed E-state index contributed by atoms with van der Waals surface area (Å²) >= 11 is 0. The molecule has 102 valence electrons. The van der Waals surface area contributed by atoms with Gasteiger partial charge < -0.3 is 10.6 Å². The van der Waals surface area contributed by atoms with Gasteiger partial charge in [-0.1, -0.05) is 36.4 Å². The molecule has 3 heteroatoms. The Morgan fingerprint density at radius 1 is 1.10 bits per heavy atom. The van der Waals surface area contributed by atoms with E-state index in [0.717, 1.165) is 30.6 Å². The van der Waals surface area contributed by atoms with Gasteiger partial charge in [-0.2, -0.15) is 0 Å². The lowest BCUT2D eigenvalue weighted by Crippen LogP contribution is -2.26. The summed E-state index contributed by atoms with van der Waals surface area (Å²) in [5.41, 5.74) is 4.44. The minimum atomic E-state index is -0.0118. The molecular formula is C17H18N2O. The van der Waals surface area contributed by atoms with Gasteiger partial charge in [0.25, 0.3) is 5.91 Å². The first kappa shape index (κ1) is 12.9. The van der Waals surface area contributed by atoms with Crippen LogP contribution in [0.25, 0.3) is 0 Å². The maximum Gasteiger partial charge on any atom is 0.251 e. The summed E-state index contributed by atoms with van der Waals surface area (Å²) in [7, 11) is 0. The summed E-state index contributed by atoms with van der Waals surface area (Å²) in [6.07, 6.45) is 1.04. The van der Waals surface area contributed by atoms with Gasteiger partial charge in [-0.05, 0) is 41.8 Å². The highest BCUT2D eigenvalue weighted by Crippen LogP contribution is 2.16. The molecule has 3 nitrogen and oxygen atoms in total. The summed E-state index contributed by atoms with van der Waals surface area (Å²) in [6.45, 7) is 2.44. The van der Waals surface area contributed by atoms with Gasteiger partial charge in [0.2, 0.25) is 0 Å². The monoisotopic (exact) mass is 266 g/mol. The van der Waals surface area contributed by atoms with Crippen molar-refractivity contribution < 1.29 is 4.79 Å². The van der Waals surface area contributed by atoms with Crippen LogP contribution in [0.1, 0.15) is 27.0 Å². The number of fused-ring (bicyclic) bond motifs is 1. The van der Waals surface area contributed by atoms with Gasteiger partial charge in [0.1, 0.15) is 0 Å². The molecule has 0 saturated heterocycles. The Morgan fingerprint density at radius 2 is 1.95 bits per heavy atom. The lowest BCUT2D eigenvalue weighted by atomic mass is 9.98. The van der Waals surface area contributed by atoms with Crippen molar-refractivity contribution in [3.63, 3.8) is 0 Å². The van der Waals surface area contributed by atoms with E-state index in [0.29, 0.717) is 6.54 Å². The zero-order valence-electron chi connectivity index (χ0n) is 11.4. The molecule has 0 unspecified atom stereocenters. The number of carbonyl (C=O) groups excluding carboxylic acids is 1. The second-order valence-electron chi connectivity index (χ2n) is 5.08. The molecule has 0 aromatic heterocycles. The molecule has 1 aliphatic heterocycles. The van der Waals surface area contributed by atoms with Gasteiger partial charge in [0.05, 0.1) is 0 Å². The van der Waals surface area contributed by atoms with Gasteiger partial charge in [0, 0.05) is 18.7 Å². The maximum absolute atomic E-state index is 12.2. The van der Waals surface area contributed by atoms with Gasteiger partial charge in [-0.3, -0.25) is 4.79 Å². The van der Waals surface area contributed by atoms with E-state index in [9.17, 15) is 4.79 Å². The first-order valence-corrected chi connectivity index (χ1v) is 6.97. The van der Waals surface area contributed by atoms with E-state index in [1.54, 1.807) is 0 Å². The molecule has 0 saturated carbocycles. The smallest absolute Gasteiger partial charge is 0.251 e. The molecule has 2 aromatic rings. The van der Waals surface area contributed by atoms with Gasteiger partial charge >= 0.3 is 0 Å². The van der Waals surface area contributed by atoms with Crippen LogP contribution in [0.3, 0.4) is 0 Å². The Bertz CT molecular complexity index is 608. The molecule has 3 rings (SSSR count). The van der Waals surface area contributed by atoms with Crippen LogP contribution in [0.5, 0.6) is 0 Å². The van der Waals surface area contributed by atoms with Gasteiger partial charge in [-0.15, -0.1) is 0 Å². The SMILES string of the molecule is O=C(NCc1ccccc1)c1ccc2c(c1)CNCC2. The molecular weight excluding hydrogens is 248 g/mol. The average Bonchev–Trinajstić information content (AvgIpc) is 2.53. The highest BCUT2D eigenvalue weighted by molar-refractivity contribution is 5.94. The van der Waals surface area contributed by atoms with Crippen LogP contribution < -0.4 is 10.6 Å². The third-order valence-electron chi connectivity index (χ3n) is 3.65. The zero-order valence-corrected chi connectivity index (χ0v) is 11.4. The number of nitrogens with one attached hydrogen (secondary N) is 2. The molecule has 2 N–H and O–H groups in total. The Kier molecular flexibility index (Phi) is 3.79. The molecule has 0 bridgehead atoms. The standard InChI is InChI=1S/C17H18N2O/c20-17(19-11-13-4-2-1-3-5-13)15-7-6-14-8-9-18-12-16(14)10-15/h1-7,10,18H,8-9,11-12H2,(H,19,20). The number of carbonyl (C=O) groups is 1. The summed E-state index contributed by atoms with van der Waals surface area (Å²) < 4.78 is 0. The fourth-order valence-electron chi connectivity index (χ4n) is 2.50. The number of rotatable bonds is 3. The van der Waals surface area contributed by atoms with Crippen molar-refractivity contribution in [3.05, 3.63) is 70.8 Å². The van der Waals surface area contributed by atoms with E-state index in [1.807, 2.05) is 42.5 Å². The number of hydrogen-bond acceptors (Lipinski definition) is 2. The number of hydrogen-bond donors (Lipinski definition) is 2. The Hall–Kier alpha value is -2.13. The number of amides is 1. The zero-order chi connectivity index (χ0) is 13.8. The van der Waals surface area contributed by atoms with E-state index in [4.69, 9.17) is 0 Å². The molecule has 0 aliphatic carbocycles. The second kappa shape index (κ2) is 5.88. The van der Waals surface area contributed by atoms with Gasteiger partial charge in [-0.25, -0.2) is 0 Å². The normalized spacial score (nSPS) is 13.6. The Labute approximate surface area is 119 Å². The quantitative estimate of drug-likeness (QED) is 0.894. The highest BCUT2D eigenvalue weighted by atomic mass is 16.1.